The van der Waals surface area contributed by atoms with Crippen molar-refractivity contribution in [3.8, 4) is 5.75 Å². The van der Waals surface area contributed by atoms with Crippen LogP contribution in [-0.4, -0.2) is 20.9 Å². The maximum Gasteiger partial charge on any atom is 0.261 e. The van der Waals surface area contributed by atoms with Crippen LogP contribution in [0.2, 0.25) is 10.0 Å². The lowest BCUT2D eigenvalue weighted by Crippen LogP contribution is -2.28. The third kappa shape index (κ3) is 5.89. The van der Waals surface area contributed by atoms with Gasteiger partial charge in [0.1, 0.15) is 5.75 Å². The number of benzene rings is 3. The average Bonchev–Trinajstić information content (AvgIpc) is 2.72. The Hall–Kier alpha value is -2.74. The molecule has 0 aliphatic rings. The number of hydrogen-bond donors (Lipinski definition) is 2. The highest BCUT2D eigenvalue weighted by atomic mass is 35.5. The third-order valence-corrected chi connectivity index (χ3v) is 6.08. The van der Waals surface area contributed by atoms with E-state index in [0.717, 1.165) is 5.56 Å². The molecule has 0 atom stereocenters. The molecule has 3 aromatic rings. The van der Waals surface area contributed by atoms with E-state index in [1.165, 1.54) is 18.2 Å². The molecule has 0 aromatic heterocycles. The number of halogens is 2. The summed E-state index contributed by atoms with van der Waals surface area (Å²) < 4.78 is 32.9. The molecular formula is C21H18Cl2N2O4S. The van der Waals surface area contributed by atoms with E-state index >= 15 is 0 Å². The summed E-state index contributed by atoms with van der Waals surface area (Å²) in [6.45, 7) is -0.0174. The van der Waals surface area contributed by atoms with Gasteiger partial charge in [-0.1, -0.05) is 59.6 Å². The van der Waals surface area contributed by atoms with Gasteiger partial charge in [-0.2, -0.15) is 0 Å². The fourth-order valence-electron chi connectivity index (χ4n) is 2.52. The topological polar surface area (TPSA) is 84.5 Å². The van der Waals surface area contributed by atoms with Crippen molar-refractivity contribution >= 4 is 44.8 Å². The predicted octanol–water partition coefficient (Wildman–Crippen LogP) is 4.49. The minimum atomic E-state index is -3.81. The summed E-state index contributed by atoms with van der Waals surface area (Å²) >= 11 is 12.2. The molecule has 156 valence electrons. The van der Waals surface area contributed by atoms with Gasteiger partial charge in [0.25, 0.3) is 15.9 Å². The zero-order chi connectivity index (χ0) is 21.6. The Morgan fingerprint density at radius 1 is 0.900 bits per heavy atom. The minimum absolute atomic E-state index is 0.0214. The molecule has 0 saturated carbocycles. The molecule has 0 unspecified atom stereocenters. The number of carbonyl (C=O) groups is 1. The van der Waals surface area contributed by atoms with Gasteiger partial charge >= 0.3 is 0 Å². The van der Waals surface area contributed by atoms with Crippen LogP contribution in [0.5, 0.6) is 5.75 Å². The van der Waals surface area contributed by atoms with Crippen molar-refractivity contribution < 1.29 is 17.9 Å². The lowest BCUT2D eigenvalue weighted by molar-refractivity contribution is -0.123. The average molecular weight is 465 g/mol. The van der Waals surface area contributed by atoms with E-state index in [2.05, 4.69) is 10.0 Å². The zero-order valence-electron chi connectivity index (χ0n) is 15.6. The van der Waals surface area contributed by atoms with Crippen LogP contribution in [0.3, 0.4) is 0 Å². The van der Waals surface area contributed by atoms with E-state index in [1.807, 2.05) is 12.1 Å². The number of amides is 1. The number of rotatable bonds is 8. The van der Waals surface area contributed by atoms with Crippen molar-refractivity contribution in [2.24, 2.45) is 0 Å². The molecule has 0 heterocycles. The Balaban J connectivity index is 1.58. The van der Waals surface area contributed by atoms with E-state index in [1.54, 1.807) is 42.5 Å². The number of sulfonamides is 1. The monoisotopic (exact) mass is 464 g/mol. The Kier molecular flexibility index (Phi) is 7.20. The van der Waals surface area contributed by atoms with Gasteiger partial charge in [0.15, 0.2) is 6.61 Å². The molecule has 6 nitrogen and oxygen atoms in total. The van der Waals surface area contributed by atoms with E-state index in [9.17, 15) is 13.2 Å². The number of ether oxygens (including phenoxy) is 1. The lowest BCUT2D eigenvalue weighted by atomic mass is 10.2. The van der Waals surface area contributed by atoms with Crippen LogP contribution in [0.25, 0.3) is 0 Å². The van der Waals surface area contributed by atoms with Crippen LogP contribution < -0.4 is 14.8 Å². The van der Waals surface area contributed by atoms with Crippen LogP contribution in [0.15, 0.2) is 77.7 Å². The second-order valence-electron chi connectivity index (χ2n) is 6.22. The van der Waals surface area contributed by atoms with Gasteiger partial charge in [-0.05, 0) is 42.0 Å². The van der Waals surface area contributed by atoms with Gasteiger partial charge in [-0.3, -0.25) is 9.52 Å². The summed E-state index contributed by atoms with van der Waals surface area (Å²) in [5, 5.41) is 3.33. The SMILES string of the molecule is O=C(COc1ccc(S(=O)(=O)Nc2ccccc2)cc1Cl)NCc1ccccc1Cl. The van der Waals surface area contributed by atoms with Crippen LogP contribution in [-0.2, 0) is 21.4 Å². The number of hydrogen-bond acceptors (Lipinski definition) is 4. The second kappa shape index (κ2) is 9.84. The minimum Gasteiger partial charge on any atom is -0.482 e. The van der Waals surface area contributed by atoms with Crippen LogP contribution in [0.4, 0.5) is 5.69 Å². The smallest absolute Gasteiger partial charge is 0.261 e. The van der Waals surface area contributed by atoms with Crippen molar-refractivity contribution in [1.82, 2.24) is 5.32 Å². The van der Waals surface area contributed by atoms with Gasteiger partial charge in [0.2, 0.25) is 0 Å². The van der Waals surface area contributed by atoms with Gasteiger partial charge in [-0.25, -0.2) is 8.42 Å². The first kappa shape index (κ1) is 22.0. The molecular weight excluding hydrogens is 447 g/mol. The first-order valence-electron chi connectivity index (χ1n) is 8.85. The molecule has 3 aromatic carbocycles. The predicted molar refractivity (Wildman–Crippen MR) is 117 cm³/mol. The highest BCUT2D eigenvalue weighted by Crippen LogP contribution is 2.28. The Labute approximate surface area is 184 Å². The van der Waals surface area contributed by atoms with Crippen LogP contribution in [0.1, 0.15) is 5.56 Å². The van der Waals surface area contributed by atoms with Crippen LogP contribution in [0, 0.1) is 0 Å². The molecule has 0 aliphatic carbocycles. The number of carbonyl (C=O) groups excluding carboxylic acids is 1. The number of anilines is 1. The maximum absolute atomic E-state index is 12.5. The van der Waals surface area contributed by atoms with Gasteiger partial charge in [0, 0.05) is 17.3 Å². The van der Waals surface area contributed by atoms with E-state index in [0.29, 0.717) is 10.7 Å². The third-order valence-electron chi connectivity index (χ3n) is 4.03. The first-order chi connectivity index (χ1) is 14.3. The highest BCUT2D eigenvalue weighted by molar-refractivity contribution is 7.92. The molecule has 0 fully saturated rings. The van der Waals surface area contributed by atoms with Gasteiger partial charge in [-0.15, -0.1) is 0 Å². The fraction of sp³-hybridized carbons (Fsp3) is 0.0952. The van der Waals surface area contributed by atoms with Crippen LogP contribution >= 0.6 is 23.2 Å². The van der Waals surface area contributed by atoms with E-state index in [4.69, 9.17) is 27.9 Å². The zero-order valence-corrected chi connectivity index (χ0v) is 18.0. The molecule has 0 spiro atoms. The molecule has 0 bridgehead atoms. The Bertz CT molecular complexity index is 1140. The molecule has 0 aliphatic heterocycles. The quantitative estimate of drug-likeness (QED) is 0.514. The molecule has 2 N–H and O–H groups in total. The summed E-state index contributed by atoms with van der Waals surface area (Å²) in [4.78, 5) is 12.0. The van der Waals surface area contributed by atoms with Crippen molar-refractivity contribution in [2.45, 2.75) is 11.4 Å². The molecule has 30 heavy (non-hydrogen) atoms. The van der Waals surface area contributed by atoms with Crippen molar-refractivity contribution in [3.63, 3.8) is 0 Å². The number of para-hydroxylation sites is 1. The normalized spacial score (nSPS) is 11.0. The largest absolute Gasteiger partial charge is 0.482 e. The lowest BCUT2D eigenvalue weighted by Gasteiger charge is -2.12. The summed E-state index contributed by atoms with van der Waals surface area (Å²) in [6, 6.07) is 19.7. The highest BCUT2D eigenvalue weighted by Gasteiger charge is 2.17. The first-order valence-corrected chi connectivity index (χ1v) is 11.1. The molecule has 3 rings (SSSR count). The standard InChI is InChI=1S/C21H18Cl2N2O4S/c22-18-9-5-4-6-15(18)13-24-21(26)14-29-20-11-10-17(12-19(20)23)30(27,28)25-16-7-2-1-3-8-16/h1-12,25H,13-14H2,(H,24,26). The summed E-state index contributed by atoms with van der Waals surface area (Å²) in [7, 11) is -3.81. The fourth-order valence-corrected chi connectivity index (χ4v) is 4.10. The summed E-state index contributed by atoms with van der Waals surface area (Å²) in [5.74, 6) is -0.170. The van der Waals surface area contributed by atoms with Gasteiger partial charge < -0.3 is 10.1 Å². The number of nitrogens with one attached hydrogen (secondary N) is 2. The molecule has 9 heteroatoms. The summed E-state index contributed by atoms with van der Waals surface area (Å²) in [5.41, 5.74) is 1.22. The van der Waals surface area contributed by atoms with Crippen molar-refractivity contribution in [1.29, 1.82) is 0 Å². The Morgan fingerprint density at radius 2 is 1.60 bits per heavy atom. The molecule has 0 radical (unpaired) electrons. The molecule has 1 amide bonds. The maximum atomic E-state index is 12.5. The van der Waals surface area contributed by atoms with Crippen molar-refractivity contribution in [3.05, 3.63) is 88.4 Å². The van der Waals surface area contributed by atoms with Gasteiger partial charge in [0.05, 0.1) is 9.92 Å². The Morgan fingerprint density at radius 3 is 2.30 bits per heavy atom. The van der Waals surface area contributed by atoms with E-state index in [-0.39, 0.29) is 34.7 Å². The summed E-state index contributed by atoms with van der Waals surface area (Å²) in [6.07, 6.45) is 0. The van der Waals surface area contributed by atoms with Crippen molar-refractivity contribution in [2.75, 3.05) is 11.3 Å². The van der Waals surface area contributed by atoms with E-state index < -0.39 is 10.0 Å². The molecule has 0 saturated heterocycles. The second-order valence-corrected chi connectivity index (χ2v) is 8.72.